The second kappa shape index (κ2) is 6.52. The zero-order valence-corrected chi connectivity index (χ0v) is 10.8. The van der Waals surface area contributed by atoms with Crippen molar-refractivity contribution in [2.24, 2.45) is 0 Å². The summed E-state index contributed by atoms with van der Waals surface area (Å²) in [5, 5.41) is 6.17. The lowest BCUT2D eigenvalue weighted by Crippen LogP contribution is -2.28. The number of ether oxygens (including phenoxy) is 1. The Balaban J connectivity index is 1.94. The molecule has 2 N–H and O–H groups in total. The highest BCUT2D eigenvalue weighted by atomic mass is 16.5. The first-order chi connectivity index (χ1) is 8.81. The van der Waals surface area contributed by atoms with Crippen molar-refractivity contribution in [2.45, 2.75) is 19.9 Å². The maximum absolute atomic E-state index is 11.9. The highest BCUT2D eigenvalue weighted by molar-refractivity contribution is 5.94. The van der Waals surface area contributed by atoms with Crippen LogP contribution in [-0.2, 0) is 17.7 Å². The van der Waals surface area contributed by atoms with E-state index < -0.39 is 0 Å². The summed E-state index contributed by atoms with van der Waals surface area (Å²) in [7, 11) is 0. The van der Waals surface area contributed by atoms with Gasteiger partial charge in [0, 0.05) is 25.3 Å². The van der Waals surface area contributed by atoms with Gasteiger partial charge in [-0.25, -0.2) is 0 Å². The van der Waals surface area contributed by atoms with Gasteiger partial charge in [0.1, 0.15) is 0 Å². The summed E-state index contributed by atoms with van der Waals surface area (Å²) in [6, 6.07) is 5.95. The van der Waals surface area contributed by atoms with E-state index in [1.165, 1.54) is 11.1 Å². The predicted octanol–water partition coefficient (Wildman–Crippen LogP) is 1.10. The third-order valence-electron chi connectivity index (χ3n) is 3.09. The van der Waals surface area contributed by atoms with Gasteiger partial charge in [-0.15, -0.1) is 0 Å². The van der Waals surface area contributed by atoms with Gasteiger partial charge in [0.05, 0.1) is 6.61 Å². The Kier molecular flexibility index (Phi) is 4.73. The molecule has 1 aliphatic heterocycles. The minimum absolute atomic E-state index is 0.0249. The molecule has 0 unspecified atom stereocenters. The van der Waals surface area contributed by atoms with Crippen LogP contribution in [0.4, 0.5) is 0 Å². The van der Waals surface area contributed by atoms with Crippen molar-refractivity contribution in [2.75, 3.05) is 26.3 Å². The number of fused-ring (bicyclic) bond motifs is 1. The molecule has 4 nitrogen and oxygen atoms in total. The molecule has 0 saturated carbocycles. The van der Waals surface area contributed by atoms with Crippen molar-refractivity contribution in [1.82, 2.24) is 10.6 Å². The van der Waals surface area contributed by atoms with Gasteiger partial charge < -0.3 is 15.4 Å². The van der Waals surface area contributed by atoms with Crippen molar-refractivity contribution in [1.29, 1.82) is 0 Å². The fourth-order valence-corrected chi connectivity index (χ4v) is 2.10. The summed E-state index contributed by atoms with van der Waals surface area (Å²) in [6.45, 7) is 5.62. The molecular formula is C14H20N2O2. The number of carbonyl (C=O) groups excluding carboxylic acids is 1. The molecule has 0 aromatic heterocycles. The van der Waals surface area contributed by atoms with E-state index in [1.54, 1.807) is 0 Å². The molecule has 2 rings (SSSR count). The van der Waals surface area contributed by atoms with Crippen molar-refractivity contribution in [3.63, 3.8) is 0 Å². The van der Waals surface area contributed by atoms with E-state index >= 15 is 0 Å². The lowest BCUT2D eigenvalue weighted by atomic mass is 9.98. The molecule has 1 amide bonds. The number of benzene rings is 1. The number of hydrogen-bond acceptors (Lipinski definition) is 3. The monoisotopic (exact) mass is 248 g/mol. The third-order valence-corrected chi connectivity index (χ3v) is 3.09. The first-order valence-electron chi connectivity index (χ1n) is 6.49. The number of carbonyl (C=O) groups is 1. The predicted molar refractivity (Wildman–Crippen MR) is 70.7 cm³/mol. The summed E-state index contributed by atoms with van der Waals surface area (Å²) >= 11 is 0. The Morgan fingerprint density at radius 1 is 1.44 bits per heavy atom. The Hall–Kier alpha value is -1.39. The zero-order chi connectivity index (χ0) is 12.8. The second-order valence-electron chi connectivity index (χ2n) is 4.36. The molecular weight excluding hydrogens is 228 g/mol. The Morgan fingerprint density at radius 2 is 2.33 bits per heavy atom. The lowest BCUT2D eigenvalue weighted by Gasteiger charge is -2.17. The molecule has 1 heterocycles. The van der Waals surface area contributed by atoms with Crippen LogP contribution in [0.2, 0.25) is 0 Å². The number of hydrogen-bond donors (Lipinski definition) is 2. The lowest BCUT2D eigenvalue weighted by molar-refractivity contribution is 0.0922. The standard InChI is InChI=1S/C14H20N2O2/c1-2-18-8-7-16-14(17)12-4-3-11-5-6-15-10-13(11)9-12/h3-4,9,15H,2,5-8,10H2,1H3,(H,16,17). The molecule has 0 saturated heterocycles. The summed E-state index contributed by atoms with van der Waals surface area (Å²) in [5.74, 6) is -0.0249. The van der Waals surface area contributed by atoms with Crippen LogP contribution in [0, 0.1) is 0 Å². The first kappa shape index (κ1) is 13.1. The molecule has 4 heteroatoms. The van der Waals surface area contributed by atoms with Crippen LogP contribution < -0.4 is 10.6 Å². The van der Waals surface area contributed by atoms with E-state index in [9.17, 15) is 4.79 Å². The molecule has 18 heavy (non-hydrogen) atoms. The topological polar surface area (TPSA) is 50.4 Å². The van der Waals surface area contributed by atoms with Crippen LogP contribution in [0.3, 0.4) is 0 Å². The number of nitrogens with one attached hydrogen (secondary N) is 2. The van der Waals surface area contributed by atoms with Gasteiger partial charge in [-0.1, -0.05) is 6.07 Å². The van der Waals surface area contributed by atoms with E-state index in [2.05, 4.69) is 16.7 Å². The van der Waals surface area contributed by atoms with E-state index in [0.717, 1.165) is 25.1 Å². The van der Waals surface area contributed by atoms with Gasteiger partial charge in [0.15, 0.2) is 0 Å². The largest absolute Gasteiger partial charge is 0.380 e. The van der Waals surface area contributed by atoms with Gasteiger partial charge >= 0.3 is 0 Å². The molecule has 98 valence electrons. The maximum atomic E-state index is 11.9. The summed E-state index contributed by atoms with van der Waals surface area (Å²) < 4.78 is 5.19. The fraction of sp³-hybridized carbons (Fsp3) is 0.500. The zero-order valence-electron chi connectivity index (χ0n) is 10.8. The molecule has 0 radical (unpaired) electrons. The fourth-order valence-electron chi connectivity index (χ4n) is 2.10. The van der Waals surface area contributed by atoms with Crippen molar-refractivity contribution >= 4 is 5.91 Å². The van der Waals surface area contributed by atoms with E-state index in [4.69, 9.17) is 4.74 Å². The van der Waals surface area contributed by atoms with Crippen LogP contribution in [-0.4, -0.2) is 32.2 Å². The Bertz CT molecular complexity index is 418. The smallest absolute Gasteiger partial charge is 0.251 e. The molecule has 1 aliphatic rings. The van der Waals surface area contributed by atoms with Crippen LogP contribution in [0.15, 0.2) is 18.2 Å². The highest BCUT2D eigenvalue weighted by Gasteiger charge is 2.11. The summed E-state index contributed by atoms with van der Waals surface area (Å²) in [4.78, 5) is 11.9. The average Bonchev–Trinajstić information content (AvgIpc) is 2.43. The molecule has 0 atom stereocenters. The van der Waals surface area contributed by atoms with Gasteiger partial charge in [0.2, 0.25) is 0 Å². The van der Waals surface area contributed by atoms with Gasteiger partial charge in [-0.3, -0.25) is 4.79 Å². The van der Waals surface area contributed by atoms with Crippen molar-refractivity contribution in [3.8, 4) is 0 Å². The molecule has 1 aromatic rings. The number of amides is 1. The third kappa shape index (κ3) is 3.31. The molecule has 0 fully saturated rings. The van der Waals surface area contributed by atoms with E-state index in [0.29, 0.717) is 19.8 Å². The van der Waals surface area contributed by atoms with Crippen LogP contribution in [0.5, 0.6) is 0 Å². The summed E-state index contributed by atoms with van der Waals surface area (Å²) in [6.07, 6.45) is 1.04. The van der Waals surface area contributed by atoms with Crippen LogP contribution in [0.1, 0.15) is 28.4 Å². The SMILES string of the molecule is CCOCCNC(=O)c1ccc2c(c1)CNCC2. The van der Waals surface area contributed by atoms with Crippen molar-refractivity contribution < 1.29 is 9.53 Å². The maximum Gasteiger partial charge on any atom is 0.251 e. The minimum atomic E-state index is -0.0249. The molecule has 0 aliphatic carbocycles. The minimum Gasteiger partial charge on any atom is -0.380 e. The quantitative estimate of drug-likeness (QED) is 0.767. The molecule has 0 spiro atoms. The van der Waals surface area contributed by atoms with Gasteiger partial charge in [0.25, 0.3) is 5.91 Å². The van der Waals surface area contributed by atoms with Gasteiger partial charge in [-0.2, -0.15) is 0 Å². The average molecular weight is 248 g/mol. The second-order valence-corrected chi connectivity index (χ2v) is 4.36. The van der Waals surface area contributed by atoms with Crippen molar-refractivity contribution in [3.05, 3.63) is 34.9 Å². The van der Waals surface area contributed by atoms with E-state index in [-0.39, 0.29) is 5.91 Å². The highest BCUT2D eigenvalue weighted by Crippen LogP contribution is 2.15. The Morgan fingerprint density at radius 3 is 3.17 bits per heavy atom. The normalized spacial score (nSPS) is 14.1. The van der Waals surface area contributed by atoms with Crippen LogP contribution in [0.25, 0.3) is 0 Å². The Labute approximate surface area is 108 Å². The first-order valence-corrected chi connectivity index (χ1v) is 6.49. The molecule has 0 bridgehead atoms. The number of rotatable bonds is 5. The van der Waals surface area contributed by atoms with Gasteiger partial charge in [-0.05, 0) is 43.1 Å². The van der Waals surface area contributed by atoms with Crippen LogP contribution >= 0.6 is 0 Å². The van der Waals surface area contributed by atoms with E-state index in [1.807, 2.05) is 19.1 Å². The molecule has 1 aromatic carbocycles. The summed E-state index contributed by atoms with van der Waals surface area (Å²) in [5.41, 5.74) is 3.31.